The molecule has 6 nitrogen and oxygen atoms in total. The molecule has 0 fully saturated rings. The molecule has 2 aromatic rings. The SMILES string of the molecule is C[Si](C)(C)CCOCn1c(C=O)cc2c(C#N)c[nH]c(=O)c21. The predicted octanol–water partition coefficient (Wildman–Crippen LogP) is 2.33. The molecule has 0 radical (unpaired) electrons. The summed E-state index contributed by atoms with van der Waals surface area (Å²) in [4.78, 5) is 25.8. The lowest BCUT2D eigenvalue weighted by molar-refractivity contribution is 0.0862. The molecule has 0 atom stereocenters. The first-order chi connectivity index (χ1) is 10.4. The fourth-order valence-corrected chi connectivity index (χ4v) is 2.92. The zero-order chi connectivity index (χ0) is 16.3. The highest BCUT2D eigenvalue weighted by atomic mass is 28.3. The Labute approximate surface area is 129 Å². The van der Waals surface area contributed by atoms with E-state index in [0.717, 1.165) is 6.04 Å². The molecule has 2 rings (SSSR count). The number of hydrogen-bond donors (Lipinski definition) is 1. The van der Waals surface area contributed by atoms with E-state index >= 15 is 0 Å². The van der Waals surface area contributed by atoms with E-state index in [2.05, 4.69) is 24.6 Å². The van der Waals surface area contributed by atoms with Crippen LogP contribution in [0, 0.1) is 11.3 Å². The normalized spacial score (nSPS) is 11.5. The minimum Gasteiger partial charge on any atom is -0.361 e. The van der Waals surface area contributed by atoms with Crippen LogP contribution in [0.1, 0.15) is 16.1 Å². The number of aromatic amines is 1. The van der Waals surface area contributed by atoms with Gasteiger partial charge in [-0.05, 0) is 12.1 Å². The second kappa shape index (κ2) is 6.30. The number of carbonyl (C=O) groups excluding carboxylic acids is 1. The third kappa shape index (κ3) is 3.35. The van der Waals surface area contributed by atoms with E-state index in [0.29, 0.717) is 35.1 Å². The summed E-state index contributed by atoms with van der Waals surface area (Å²) in [6, 6.07) is 4.57. The van der Waals surface area contributed by atoms with Crippen LogP contribution in [0.5, 0.6) is 0 Å². The molecule has 0 aliphatic heterocycles. The molecule has 0 amide bonds. The number of aromatic nitrogens is 2. The van der Waals surface area contributed by atoms with Gasteiger partial charge in [0.1, 0.15) is 18.3 Å². The minimum atomic E-state index is -1.20. The predicted molar refractivity (Wildman–Crippen MR) is 86.8 cm³/mol. The largest absolute Gasteiger partial charge is 0.361 e. The minimum absolute atomic E-state index is 0.125. The fraction of sp³-hybridized carbons (Fsp3) is 0.400. The van der Waals surface area contributed by atoms with Gasteiger partial charge in [-0.2, -0.15) is 5.26 Å². The standard InChI is InChI=1S/C15H19N3O3Si/c1-22(2,3)5-4-21-10-18-12(9-19)6-13-11(7-16)8-17-15(20)14(13)18/h6,8-9H,4-5,10H2,1-3H3,(H,17,20). The van der Waals surface area contributed by atoms with Gasteiger partial charge in [0.15, 0.2) is 6.29 Å². The number of fused-ring (bicyclic) bond motifs is 1. The summed E-state index contributed by atoms with van der Waals surface area (Å²) in [5.74, 6) is 0. The average molecular weight is 317 g/mol. The summed E-state index contributed by atoms with van der Waals surface area (Å²) in [5.41, 5.74) is 0.625. The number of hydrogen-bond acceptors (Lipinski definition) is 4. The van der Waals surface area contributed by atoms with Crippen molar-refractivity contribution < 1.29 is 9.53 Å². The zero-order valence-corrected chi connectivity index (χ0v) is 14.0. The topological polar surface area (TPSA) is 87.9 Å². The first-order valence-electron chi connectivity index (χ1n) is 7.05. The van der Waals surface area contributed by atoms with Crippen LogP contribution in [0.2, 0.25) is 25.7 Å². The van der Waals surface area contributed by atoms with E-state index in [1.54, 1.807) is 6.07 Å². The van der Waals surface area contributed by atoms with Crippen molar-refractivity contribution in [2.24, 2.45) is 0 Å². The Hall–Kier alpha value is -2.17. The molecule has 2 heterocycles. The number of nitrogens with one attached hydrogen (secondary N) is 1. The van der Waals surface area contributed by atoms with Crippen molar-refractivity contribution >= 4 is 25.3 Å². The highest BCUT2D eigenvalue weighted by molar-refractivity contribution is 6.76. The van der Waals surface area contributed by atoms with Gasteiger partial charge >= 0.3 is 0 Å². The van der Waals surface area contributed by atoms with Gasteiger partial charge in [0.05, 0.1) is 11.3 Å². The van der Waals surface area contributed by atoms with Crippen molar-refractivity contribution in [1.82, 2.24) is 9.55 Å². The fourth-order valence-electron chi connectivity index (χ4n) is 2.17. The summed E-state index contributed by atoms with van der Waals surface area (Å²) in [5, 5.41) is 9.58. The van der Waals surface area contributed by atoms with Gasteiger partial charge < -0.3 is 14.3 Å². The number of nitrogens with zero attached hydrogens (tertiary/aromatic N) is 2. The van der Waals surface area contributed by atoms with Crippen molar-refractivity contribution in [2.75, 3.05) is 6.61 Å². The van der Waals surface area contributed by atoms with Crippen molar-refractivity contribution in [3.8, 4) is 6.07 Å². The number of carbonyl (C=O) groups is 1. The average Bonchev–Trinajstić information content (AvgIpc) is 2.82. The van der Waals surface area contributed by atoms with E-state index in [1.807, 2.05) is 6.07 Å². The number of pyridine rings is 1. The van der Waals surface area contributed by atoms with Crippen LogP contribution in [0.3, 0.4) is 0 Å². The summed E-state index contributed by atoms with van der Waals surface area (Å²) in [6.07, 6.45) is 2.03. The smallest absolute Gasteiger partial charge is 0.272 e. The summed E-state index contributed by atoms with van der Waals surface area (Å²) in [7, 11) is -1.20. The lowest BCUT2D eigenvalue weighted by Crippen LogP contribution is -2.22. The first-order valence-corrected chi connectivity index (χ1v) is 10.8. The second-order valence-corrected chi connectivity index (χ2v) is 12.0. The highest BCUT2D eigenvalue weighted by Crippen LogP contribution is 2.19. The van der Waals surface area contributed by atoms with E-state index in [1.165, 1.54) is 10.8 Å². The van der Waals surface area contributed by atoms with Crippen molar-refractivity contribution in [3.05, 3.63) is 33.9 Å². The first kappa shape index (κ1) is 16.2. The second-order valence-electron chi connectivity index (χ2n) is 6.37. The van der Waals surface area contributed by atoms with Gasteiger partial charge in [-0.15, -0.1) is 0 Å². The molecule has 0 aliphatic rings. The van der Waals surface area contributed by atoms with Gasteiger partial charge in [-0.1, -0.05) is 19.6 Å². The van der Waals surface area contributed by atoms with Crippen LogP contribution in [0.4, 0.5) is 0 Å². The van der Waals surface area contributed by atoms with Gasteiger partial charge in [-0.3, -0.25) is 9.59 Å². The van der Waals surface area contributed by atoms with Crippen LogP contribution in [0.25, 0.3) is 10.9 Å². The van der Waals surface area contributed by atoms with Crippen LogP contribution in [-0.4, -0.2) is 30.5 Å². The third-order valence-electron chi connectivity index (χ3n) is 3.44. The Balaban J connectivity index is 2.34. The van der Waals surface area contributed by atoms with Crippen LogP contribution < -0.4 is 5.56 Å². The lowest BCUT2D eigenvalue weighted by atomic mass is 10.2. The number of aldehydes is 1. The molecule has 7 heteroatoms. The Morgan fingerprint density at radius 3 is 2.77 bits per heavy atom. The molecule has 0 saturated carbocycles. The molecule has 0 spiro atoms. The van der Waals surface area contributed by atoms with E-state index in [4.69, 9.17) is 10.00 Å². The molecule has 0 unspecified atom stereocenters. The Morgan fingerprint density at radius 2 is 2.18 bits per heavy atom. The van der Waals surface area contributed by atoms with Crippen LogP contribution in [-0.2, 0) is 11.5 Å². The number of H-pyrrole nitrogens is 1. The number of ether oxygens (including phenoxy) is 1. The molecule has 116 valence electrons. The molecule has 0 aromatic carbocycles. The van der Waals surface area contributed by atoms with Gasteiger partial charge in [0, 0.05) is 26.3 Å². The molecule has 0 aliphatic carbocycles. The Kier molecular flexibility index (Phi) is 4.64. The molecular weight excluding hydrogens is 298 g/mol. The summed E-state index contributed by atoms with van der Waals surface area (Å²) >= 11 is 0. The lowest BCUT2D eigenvalue weighted by Gasteiger charge is -2.16. The highest BCUT2D eigenvalue weighted by Gasteiger charge is 2.16. The van der Waals surface area contributed by atoms with E-state index < -0.39 is 8.07 Å². The third-order valence-corrected chi connectivity index (χ3v) is 5.14. The number of nitriles is 1. The van der Waals surface area contributed by atoms with Gasteiger partial charge in [-0.25, -0.2) is 0 Å². The molecular formula is C15H19N3O3Si. The van der Waals surface area contributed by atoms with E-state index in [-0.39, 0.29) is 12.3 Å². The van der Waals surface area contributed by atoms with Gasteiger partial charge in [0.25, 0.3) is 5.56 Å². The zero-order valence-electron chi connectivity index (χ0n) is 13.0. The summed E-state index contributed by atoms with van der Waals surface area (Å²) in [6.45, 7) is 7.47. The maximum absolute atomic E-state index is 12.0. The van der Waals surface area contributed by atoms with Gasteiger partial charge in [0.2, 0.25) is 0 Å². The van der Waals surface area contributed by atoms with Crippen molar-refractivity contribution in [1.29, 1.82) is 5.26 Å². The van der Waals surface area contributed by atoms with Crippen molar-refractivity contribution in [3.63, 3.8) is 0 Å². The van der Waals surface area contributed by atoms with Crippen LogP contribution >= 0.6 is 0 Å². The molecule has 0 bridgehead atoms. The Bertz CT molecular complexity index is 793. The molecule has 1 N–H and O–H groups in total. The Morgan fingerprint density at radius 1 is 1.45 bits per heavy atom. The quantitative estimate of drug-likeness (QED) is 0.503. The van der Waals surface area contributed by atoms with Crippen molar-refractivity contribution in [2.45, 2.75) is 32.4 Å². The monoisotopic (exact) mass is 317 g/mol. The molecule has 2 aromatic heterocycles. The molecule has 0 saturated heterocycles. The van der Waals surface area contributed by atoms with E-state index in [9.17, 15) is 9.59 Å². The molecule has 22 heavy (non-hydrogen) atoms. The maximum atomic E-state index is 12.0. The van der Waals surface area contributed by atoms with Crippen LogP contribution in [0.15, 0.2) is 17.1 Å². The summed E-state index contributed by atoms with van der Waals surface area (Å²) < 4.78 is 7.16. The number of rotatable bonds is 6. The maximum Gasteiger partial charge on any atom is 0.272 e.